The molecule has 1 aromatic carbocycles. The van der Waals surface area contributed by atoms with E-state index in [4.69, 9.17) is 21.9 Å². The van der Waals surface area contributed by atoms with Crippen molar-refractivity contribution >= 4 is 35.5 Å². The number of urea groups is 1. The number of carbonyl (C=O) groups excluding carboxylic acids is 1. The molecular weight excluding hydrogens is 287 g/mol. The number of hydrazine groups is 1. The number of hydrogen-bond acceptors (Lipinski definition) is 4. The van der Waals surface area contributed by atoms with Crippen molar-refractivity contribution in [2.75, 3.05) is 5.32 Å². The van der Waals surface area contributed by atoms with Crippen LogP contribution in [0.2, 0.25) is 5.02 Å². The maximum atomic E-state index is 13.5. The van der Waals surface area contributed by atoms with Gasteiger partial charge < -0.3 is 9.73 Å². The number of amides is 2. The third-order valence-corrected chi connectivity index (χ3v) is 2.74. The third kappa shape index (κ3) is 3.14. The van der Waals surface area contributed by atoms with Crippen LogP contribution in [0.1, 0.15) is 11.5 Å². The van der Waals surface area contributed by atoms with Crippen LogP contribution in [0.5, 0.6) is 0 Å². The van der Waals surface area contributed by atoms with Crippen molar-refractivity contribution in [2.45, 2.75) is 0 Å². The van der Waals surface area contributed by atoms with Gasteiger partial charge in [-0.05, 0) is 18.2 Å². The molecule has 0 saturated carbocycles. The molecule has 20 heavy (non-hydrogen) atoms. The van der Waals surface area contributed by atoms with Crippen molar-refractivity contribution in [1.82, 2.24) is 10.4 Å². The molecule has 0 aliphatic carbocycles. The van der Waals surface area contributed by atoms with Gasteiger partial charge in [0.25, 0.3) is 0 Å². The van der Waals surface area contributed by atoms with E-state index < -0.39 is 11.8 Å². The number of carbonyl (C=O) groups is 1. The smallest absolute Gasteiger partial charge is 0.333 e. The van der Waals surface area contributed by atoms with Crippen molar-refractivity contribution in [3.05, 3.63) is 46.9 Å². The molecule has 0 spiro atoms. The molecule has 104 valence electrons. The predicted octanol–water partition coefficient (Wildman–Crippen LogP) is 2.63. The van der Waals surface area contributed by atoms with Crippen LogP contribution in [0.3, 0.4) is 0 Å². The fraction of sp³-hybridized carbons (Fsp3) is 0. The highest BCUT2D eigenvalue weighted by Gasteiger charge is 2.11. The van der Waals surface area contributed by atoms with Crippen molar-refractivity contribution in [3.8, 4) is 0 Å². The van der Waals surface area contributed by atoms with Gasteiger partial charge in [-0.1, -0.05) is 11.6 Å². The lowest BCUT2D eigenvalue weighted by atomic mass is 10.1. The van der Waals surface area contributed by atoms with Crippen LogP contribution in [0, 0.1) is 5.82 Å². The van der Waals surface area contributed by atoms with Gasteiger partial charge in [0.15, 0.2) is 0 Å². The molecule has 0 saturated heterocycles. The Morgan fingerprint density at radius 2 is 2.25 bits per heavy atom. The number of benzene rings is 1. The average Bonchev–Trinajstić information content (AvgIpc) is 2.95. The van der Waals surface area contributed by atoms with Crippen LogP contribution in [-0.4, -0.2) is 11.0 Å². The Hall–Kier alpha value is -2.38. The van der Waals surface area contributed by atoms with Gasteiger partial charge >= 0.3 is 6.03 Å². The fourth-order valence-corrected chi connectivity index (χ4v) is 1.70. The Balaban J connectivity index is 2.38. The first kappa shape index (κ1) is 14.0. The van der Waals surface area contributed by atoms with E-state index in [1.165, 1.54) is 30.7 Å². The number of hydrogen-bond donors (Lipinski definition) is 3. The summed E-state index contributed by atoms with van der Waals surface area (Å²) in [6.07, 6.45) is 5.83. The third-order valence-electron chi connectivity index (χ3n) is 2.36. The standard InChI is InChI=1S/C12H10ClFN4O2/c13-11-7(1-4-10-16-5-6-20-10)9(3-2-8(11)14)17-12(19)18-15/h1-6H,15H2,(H2,17,18,19)/b4-1+. The number of halogens is 2. The predicted molar refractivity (Wildman–Crippen MR) is 73.2 cm³/mol. The summed E-state index contributed by atoms with van der Waals surface area (Å²) in [7, 11) is 0. The Bertz CT molecular complexity index is 643. The first-order chi connectivity index (χ1) is 9.61. The Morgan fingerprint density at radius 3 is 2.90 bits per heavy atom. The second-order valence-electron chi connectivity index (χ2n) is 3.62. The van der Waals surface area contributed by atoms with E-state index in [-0.39, 0.29) is 10.6 Å². The van der Waals surface area contributed by atoms with Crippen LogP contribution in [0.15, 0.2) is 29.0 Å². The topological polar surface area (TPSA) is 93.2 Å². The quantitative estimate of drug-likeness (QED) is 0.461. The molecule has 0 radical (unpaired) electrons. The Kier molecular flexibility index (Phi) is 4.34. The van der Waals surface area contributed by atoms with Crippen molar-refractivity contribution in [1.29, 1.82) is 0 Å². The lowest BCUT2D eigenvalue weighted by Gasteiger charge is -2.10. The van der Waals surface area contributed by atoms with Crippen molar-refractivity contribution in [2.24, 2.45) is 5.84 Å². The zero-order valence-corrected chi connectivity index (χ0v) is 10.8. The zero-order valence-electron chi connectivity index (χ0n) is 10.1. The SMILES string of the molecule is NNC(=O)Nc1ccc(F)c(Cl)c1/C=C/c1ncco1. The van der Waals surface area contributed by atoms with Crippen molar-refractivity contribution in [3.63, 3.8) is 0 Å². The molecule has 0 atom stereocenters. The lowest BCUT2D eigenvalue weighted by molar-refractivity contribution is 0.252. The molecule has 0 aliphatic rings. The lowest BCUT2D eigenvalue weighted by Crippen LogP contribution is -2.34. The van der Waals surface area contributed by atoms with Gasteiger partial charge in [0, 0.05) is 11.6 Å². The minimum Gasteiger partial charge on any atom is -0.445 e. The Morgan fingerprint density at radius 1 is 1.45 bits per heavy atom. The van der Waals surface area contributed by atoms with Gasteiger partial charge in [-0.3, -0.25) is 5.43 Å². The minimum absolute atomic E-state index is 0.136. The number of aromatic nitrogens is 1. The van der Waals surface area contributed by atoms with E-state index in [0.29, 0.717) is 11.6 Å². The van der Waals surface area contributed by atoms with Crippen LogP contribution in [0.25, 0.3) is 12.2 Å². The normalized spacial score (nSPS) is 10.8. The van der Waals surface area contributed by atoms with Crippen LogP contribution < -0.4 is 16.6 Å². The van der Waals surface area contributed by atoms with Gasteiger partial charge in [-0.15, -0.1) is 0 Å². The molecule has 0 unspecified atom stereocenters. The van der Waals surface area contributed by atoms with Gasteiger partial charge in [0.05, 0.1) is 16.9 Å². The molecule has 0 bridgehead atoms. The van der Waals surface area contributed by atoms with Crippen LogP contribution >= 0.6 is 11.6 Å². The number of nitrogens with two attached hydrogens (primary N) is 1. The summed E-state index contributed by atoms with van der Waals surface area (Å²) in [6.45, 7) is 0. The summed E-state index contributed by atoms with van der Waals surface area (Å²) < 4.78 is 18.5. The molecule has 0 fully saturated rings. The average molecular weight is 297 g/mol. The largest absolute Gasteiger partial charge is 0.445 e. The molecule has 2 rings (SSSR count). The zero-order chi connectivity index (χ0) is 14.5. The summed E-state index contributed by atoms with van der Waals surface area (Å²) in [5.41, 5.74) is 2.47. The van der Waals surface area contributed by atoms with Gasteiger partial charge in [-0.2, -0.15) is 0 Å². The molecular formula is C12H10ClFN4O2. The molecule has 6 nitrogen and oxygen atoms in total. The summed E-state index contributed by atoms with van der Waals surface area (Å²) in [6, 6.07) is 1.85. The highest BCUT2D eigenvalue weighted by atomic mass is 35.5. The number of anilines is 1. The summed E-state index contributed by atoms with van der Waals surface area (Å²) in [5, 5.41) is 2.29. The molecule has 8 heteroatoms. The molecule has 0 aliphatic heterocycles. The van der Waals surface area contributed by atoms with Gasteiger partial charge in [-0.25, -0.2) is 20.0 Å². The molecule has 1 heterocycles. The molecule has 2 aromatic rings. The second-order valence-corrected chi connectivity index (χ2v) is 4.00. The van der Waals surface area contributed by atoms with Gasteiger partial charge in [0.2, 0.25) is 5.89 Å². The molecule has 2 amide bonds. The number of oxazole rings is 1. The number of rotatable bonds is 3. The number of nitrogens with one attached hydrogen (secondary N) is 2. The van der Waals surface area contributed by atoms with E-state index in [9.17, 15) is 9.18 Å². The minimum atomic E-state index is -0.654. The van der Waals surface area contributed by atoms with Gasteiger partial charge in [0.1, 0.15) is 12.1 Å². The maximum Gasteiger partial charge on any atom is 0.333 e. The van der Waals surface area contributed by atoms with Crippen LogP contribution in [-0.2, 0) is 0 Å². The highest BCUT2D eigenvalue weighted by Crippen LogP contribution is 2.29. The summed E-state index contributed by atoms with van der Waals surface area (Å²) in [4.78, 5) is 15.1. The maximum absolute atomic E-state index is 13.5. The summed E-state index contributed by atoms with van der Waals surface area (Å²) in [5.74, 6) is 4.68. The van der Waals surface area contributed by atoms with E-state index in [0.717, 1.165) is 6.07 Å². The highest BCUT2D eigenvalue weighted by molar-refractivity contribution is 6.33. The monoisotopic (exact) mass is 296 g/mol. The van der Waals surface area contributed by atoms with Crippen LogP contribution in [0.4, 0.5) is 14.9 Å². The molecule has 4 N–H and O–H groups in total. The second kappa shape index (κ2) is 6.18. The van der Waals surface area contributed by atoms with Crippen molar-refractivity contribution < 1.29 is 13.6 Å². The molecule has 1 aromatic heterocycles. The van der Waals surface area contributed by atoms with E-state index >= 15 is 0 Å². The van der Waals surface area contributed by atoms with E-state index in [1.807, 2.05) is 5.43 Å². The number of nitrogens with zero attached hydrogens (tertiary/aromatic N) is 1. The first-order valence-corrected chi connectivity index (χ1v) is 5.83. The summed E-state index contributed by atoms with van der Waals surface area (Å²) >= 11 is 5.88. The van der Waals surface area contributed by atoms with E-state index in [1.54, 1.807) is 0 Å². The Labute approximate surface area is 118 Å². The first-order valence-electron chi connectivity index (χ1n) is 5.45. The fourth-order valence-electron chi connectivity index (χ4n) is 1.47. The van der Waals surface area contributed by atoms with E-state index in [2.05, 4.69) is 10.3 Å².